The molecule has 1 atom stereocenters. The Balaban J connectivity index is 3.19. The second kappa shape index (κ2) is 7.54. The lowest BCUT2D eigenvalue weighted by Crippen LogP contribution is -2.35. The molecule has 0 aliphatic rings. The molecule has 0 aliphatic carbocycles. The zero-order valence-electron chi connectivity index (χ0n) is 11.6. The number of rotatable bonds is 7. The van der Waals surface area contributed by atoms with Crippen molar-refractivity contribution in [1.82, 2.24) is 4.90 Å². The largest absolute Gasteiger partial charge is 0.468 e. The van der Waals surface area contributed by atoms with Crippen LogP contribution in [0.1, 0.15) is 17.2 Å². The normalized spacial score (nSPS) is 11.9. The van der Waals surface area contributed by atoms with E-state index in [1.807, 2.05) is 36.1 Å². The first-order chi connectivity index (χ1) is 9.15. The molecule has 0 saturated heterocycles. The van der Waals surface area contributed by atoms with E-state index < -0.39 is 6.04 Å². The Bertz CT molecular complexity index is 444. The standard InChI is InChI=1S/C16H21NO2/c1-5-11-17(12-6-2)15(16(18)19-4)14-10-8-7-9-13(14)3/h5-10,15H,1-2,11-12H2,3-4H3. The summed E-state index contributed by atoms with van der Waals surface area (Å²) < 4.78 is 4.95. The van der Waals surface area contributed by atoms with E-state index in [-0.39, 0.29) is 5.97 Å². The van der Waals surface area contributed by atoms with Gasteiger partial charge in [0.25, 0.3) is 0 Å². The fourth-order valence-corrected chi connectivity index (χ4v) is 2.09. The van der Waals surface area contributed by atoms with Crippen molar-refractivity contribution in [3.63, 3.8) is 0 Å². The van der Waals surface area contributed by atoms with Crippen molar-refractivity contribution in [1.29, 1.82) is 0 Å². The first-order valence-electron chi connectivity index (χ1n) is 6.24. The van der Waals surface area contributed by atoms with Crippen molar-refractivity contribution in [3.05, 3.63) is 60.7 Å². The van der Waals surface area contributed by atoms with Gasteiger partial charge >= 0.3 is 5.97 Å². The van der Waals surface area contributed by atoms with E-state index in [4.69, 9.17) is 4.74 Å². The monoisotopic (exact) mass is 259 g/mol. The van der Waals surface area contributed by atoms with Crippen LogP contribution in [0.3, 0.4) is 0 Å². The van der Waals surface area contributed by atoms with Crippen molar-refractivity contribution < 1.29 is 9.53 Å². The first kappa shape index (κ1) is 15.2. The number of hydrogen-bond donors (Lipinski definition) is 0. The molecule has 1 aromatic rings. The molecule has 3 nitrogen and oxygen atoms in total. The van der Waals surface area contributed by atoms with Gasteiger partial charge in [-0.1, -0.05) is 36.4 Å². The third-order valence-electron chi connectivity index (χ3n) is 3.00. The van der Waals surface area contributed by atoms with Crippen LogP contribution >= 0.6 is 0 Å². The molecule has 1 rings (SSSR count). The summed E-state index contributed by atoms with van der Waals surface area (Å²) in [7, 11) is 1.41. The van der Waals surface area contributed by atoms with Gasteiger partial charge in [-0.25, -0.2) is 4.79 Å². The highest BCUT2D eigenvalue weighted by molar-refractivity contribution is 5.78. The highest BCUT2D eigenvalue weighted by atomic mass is 16.5. The molecule has 0 amide bonds. The molecule has 1 aromatic carbocycles. The van der Waals surface area contributed by atoms with Crippen LogP contribution < -0.4 is 0 Å². The minimum absolute atomic E-state index is 0.266. The van der Waals surface area contributed by atoms with Crippen molar-refractivity contribution in [2.24, 2.45) is 0 Å². The molecule has 0 N–H and O–H groups in total. The summed E-state index contributed by atoms with van der Waals surface area (Å²) in [6.07, 6.45) is 3.55. The number of carbonyl (C=O) groups is 1. The van der Waals surface area contributed by atoms with Crippen LogP contribution in [0.5, 0.6) is 0 Å². The second-order valence-electron chi connectivity index (χ2n) is 4.31. The van der Waals surface area contributed by atoms with Crippen LogP contribution in [-0.2, 0) is 9.53 Å². The van der Waals surface area contributed by atoms with E-state index in [1.165, 1.54) is 7.11 Å². The van der Waals surface area contributed by atoms with Gasteiger partial charge in [0.15, 0.2) is 0 Å². The average Bonchev–Trinajstić information content (AvgIpc) is 2.41. The van der Waals surface area contributed by atoms with Gasteiger partial charge < -0.3 is 4.74 Å². The summed E-state index contributed by atoms with van der Waals surface area (Å²) in [6, 6.07) is 7.40. The summed E-state index contributed by atoms with van der Waals surface area (Å²) in [6.45, 7) is 10.7. The first-order valence-corrected chi connectivity index (χ1v) is 6.24. The molecular formula is C16H21NO2. The Morgan fingerprint density at radius 3 is 2.37 bits per heavy atom. The average molecular weight is 259 g/mol. The Hall–Kier alpha value is -1.87. The number of ether oxygens (including phenoxy) is 1. The summed E-state index contributed by atoms with van der Waals surface area (Å²) >= 11 is 0. The van der Waals surface area contributed by atoms with Gasteiger partial charge in [-0.2, -0.15) is 0 Å². The molecule has 0 fully saturated rings. The zero-order valence-corrected chi connectivity index (χ0v) is 11.6. The van der Waals surface area contributed by atoms with Crippen LogP contribution in [0.2, 0.25) is 0 Å². The van der Waals surface area contributed by atoms with Crippen LogP contribution in [0, 0.1) is 6.92 Å². The van der Waals surface area contributed by atoms with Gasteiger partial charge in [0.05, 0.1) is 7.11 Å². The summed E-state index contributed by atoms with van der Waals surface area (Å²) in [5, 5.41) is 0. The van der Waals surface area contributed by atoms with Crippen molar-refractivity contribution in [2.75, 3.05) is 20.2 Å². The predicted molar refractivity (Wildman–Crippen MR) is 77.9 cm³/mol. The van der Waals surface area contributed by atoms with Crippen LogP contribution in [-0.4, -0.2) is 31.1 Å². The maximum atomic E-state index is 12.1. The SMILES string of the molecule is C=CCN(CC=C)C(C(=O)OC)c1ccccc1C. The lowest BCUT2D eigenvalue weighted by atomic mass is 10.00. The molecule has 0 bridgehead atoms. The quantitative estimate of drug-likeness (QED) is 0.557. The number of benzene rings is 1. The molecule has 0 radical (unpaired) electrons. The minimum Gasteiger partial charge on any atom is -0.468 e. The summed E-state index contributed by atoms with van der Waals surface area (Å²) in [5.74, 6) is -0.266. The third-order valence-corrected chi connectivity index (χ3v) is 3.00. The number of nitrogens with zero attached hydrogens (tertiary/aromatic N) is 1. The van der Waals surface area contributed by atoms with Crippen molar-refractivity contribution in [3.8, 4) is 0 Å². The van der Waals surface area contributed by atoms with E-state index in [0.717, 1.165) is 11.1 Å². The van der Waals surface area contributed by atoms with Gasteiger partial charge in [0.2, 0.25) is 0 Å². The van der Waals surface area contributed by atoms with E-state index in [0.29, 0.717) is 13.1 Å². The Morgan fingerprint density at radius 1 is 1.32 bits per heavy atom. The fraction of sp³-hybridized carbons (Fsp3) is 0.312. The molecule has 1 unspecified atom stereocenters. The Morgan fingerprint density at radius 2 is 1.89 bits per heavy atom. The minimum atomic E-state index is -0.429. The molecule has 102 valence electrons. The van der Waals surface area contributed by atoms with Crippen molar-refractivity contribution >= 4 is 5.97 Å². The molecule has 19 heavy (non-hydrogen) atoms. The summed E-state index contributed by atoms with van der Waals surface area (Å²) in [4.78, 5) is 14.1. The predicted octanol–water partition coefficient (Wildman–Crippen LogP) is 2.88. The highest BCUT2D eigenvalue weighted by Gasteiger charge is 2.28. The van der Waals surface area contributed by atoms with E-state index in [2.05, 4.69) is 13.2 Å². The van der Waals surface area contributed by atoms with Crippen molar-refractivity contribution in [2.45, 2.75) is 13.0 Å². The van der Waals surface area contributed by atoms with Crippen LogP contribution in [0.15, 0.2) is 49.6 Å². The van der Waals surface area contributed by atoms with Gasteiger partial charge in [-0.15, -0.1) is 13.2 Å². The zero-order chi connectivity index (χ0) is 14.3. The van der Waals surface area contributed by atoms with Gasteiger partial charge in [0.1, 0.15) is 6.04 Å². The smallest absolute Gasteiger partial charge is 0.327 e. The molecule has 0 saturated carbocycles. The molecule has 3 heteroatoms. The number of carbonyl (C=O) groups excluding carboxylic acids is 1. The number of methoxy groups -OCH3 is 1. The lowest BCUT2D eigenvalue weighted by Gasteiger charge is -2.29. The van der Waals surface area contributed by atoms with Crippen LogP contribution in [0.4, 0.5) is 0 Å². The molecular weight excluding hydrogens is 238 g/mol. The fourth-order valence-electron chi connectivity index (χ4n) is 2.09. The van der Waals surface area contributed by atoms with Crippen LogP contribution in [0.25, 0.3) is 0 Å². The number of hydrogen-bond acceptors (Lipinski definition) is 3. The van der Waals surface area contributed by atoms with Gasteiger partial charge in [-0.3, -0.25) is 4.90 Å². The van der Waals surface area contributed by atoms with Gasteiger partial charge in [-0.05, 0) is 18.1 Å². The molecule has 0 aromatic heterocycles. The topological polar surface area (TPSA) is 29.5 Å². The highest BCUT2D eigenvalue weighted by Crippen LogP contribution is 2.25. The maximum Gasteiger partial charge on any atom is 0.327 e. The lowest BCUT2D eigenvalue weighted by molar-refractivity contribution is -0.146. The molecule has 0 spiro atoms. The van der Waals surface area contributed by atoms with E-state index in [9.17, 15) is 4.79 Å². The van der Waals surface area contributed by atoms with E-state index >= 15 is 0 Å². The van der Waals surface area contributed by atoms with Gasteiger partial charge in [0, 0.05) is 13.1 Å². The molecule has 0 heterocycles. The maximum absolute atomic E-state index is 12.1. The summed E-state index contributed by atoms with van der Waals surface area (Å²) in [5.41, 5.74) is 2.02. The third kappa shape index (κ3) is 3.80. The second-order valence-corrected chi connectivity index (χ2v) is 4.31. The Labute approximate surface area is 115 Å². The number of aryl methyl sites for hydroxylation is 1. The van der Waals surface area contributed by atoms with E-state index in [1.54, 1.807) is 12.2 Å². The Kier molecular flexibility index (Phi) is 6.03. The molecule has 0 aliphatic heterocycles. The number of esters is 1.